The fourth-order valence-corrected chi connectivity index (χ4v) is 10.7. The Labute approximate surface area is 405 Å². The summed E-state index contributed by atoms with van der Waals surface area (Å²) in [5.41, 5.74) is 0.579. The number of carbonyl (C=O) groups is 1. The summed E-state index contributed by atoms with van der Waals surface area (Å²) in [6.45, 7) is 6.96. The normalized spacial score (nSPS) is 12.0. The number of allylic oxidation sites excluding steroid dienone is 2. The summed E-state index contributed by atoms with van der Waals surface area (Å²) in [4.78, 5) is 10.8. The molecule has 2 heteroatoms. The summed E-state index contributed by atoms with van der Waals surface area (Å²) in [5, 5.41) is 8.89. The molecule has 0 saturated heterocycles. The van der Waals surface area contributed by atoms with Gasteiger partial charge in [0.2, 0.25) is 0 Å². The van der Waals surface area contributed by atoms with Gasteiger partial charge in [0.15, 0.2) is 0 Å². The second kappa shape index (κ2) is 54.8. The molecule has 0 unspecified atom stereocenters. The molecular weight excluding hydrogens is 777 g/mol. The molecule has 0 aromatic carbocycles. The average Bonchev–Trinajstić information content (AvgIpc) is 3.29. The van der Waals surface area contributed by atoms with Crippen molar-refractivity contribution in [1.29, 1.82) is 0 Å². The molecule has 0 spiro atoms. The maximum atomic E-state index is 10.8. The summed E-state index contributed by atoms with van der Waals surface area (Å²) >= 11 is 0. The molecule has 1 N–H and O–H groups in total. The van der Waals surface area contributed by atoms with Crippen LogP contribution in [0.2, 0.25) is 0 Å². The van der Waals surface area contributed by atoms with Gasteiger partial charge in [0.25, 0.3) is 0 Å². The van der Waals surface area contributed by atoms with Crippen molar-refractivity contribution in [2.45, 2.75) is 374 Å². The number of unbranched alkanes of at least 4 members (excludes halogenated alkanes) is 45. The van der Waals surface area contributed by atoms with E-state index in [-0.39, 0.29) is 0 Å². The van der Waals surface area contributed by atoms with E-state index in [0.29, 0.717) is 11.8 Å². The standard InChI is InChI=1S/C62H122O2/c1-4-7-10-13-16-19-22-25-28-32-37-42-47-52-57-62(60-55-50-45-40-35-31-36-41-46-51-56-61(63)64,58-53-48-43-38-33-29-26-23-20-17-14-11-8-5-2)59-54-49-44-39-34-30-27-24-21-18-15-12-9-6-3/h40,45H,4-39,41-44,46-60H2,1-3H3,(H,63,64)/b45-40-. The molecule has 64 heavy (non-hydrogen) atoms. The molecule has 0 saturated carbocycles. The maximum Gasteiger partial charge on any atom is 0.303 e. The Kier molecular flexibility index (Phi) is 54.1. The summed E-state index contributed by atoms with van der Waals surface area (Å²) < 4.78 is 0. The van der Waals surface area contributed by atoms with Crippen LogP contribution in [0.15, 0.2) is 12.2 Å². The minimum atomic E-state index is -0.647. The molecule has 382 valence electrons. The highest BCUT2D eigenvalue weighted by Crippen LogP contribution is 2.42. The van der Waals surface area contributed by atoms with Crippen molar-refractivity contribution in [2.24, 2.45) is 5.41 Å². The lowest BCUT2D eigenvalue weighted by Crippen LogP contribution is -2.21. The van der Waals surface area contributed by atoms with Crippen LogP contribution in [0, 0.1) is 5.41 Å². The molecular formula is C62H122O2. The zero-order valence-electron chi connectivity index (χ0n) is 44.9. The van der Waals surface area contributed by atoms with Gasteiger partial charge in [-0.15, -0.1) is 0 Å². The molecule has 0 radical (unpaired) electrons. The molecule has 0 heterocycles. The van der Waals surface area contributed by atoms with E-state index in [9.17, 15) is 4.79 Å². The highest BCUT2D eigenvalue weighted by Gasteiger charge is 2.28. The first-order valence-corrected chi connectivity index (χ1v) is 30.5. The van der Waals surface area contributed by atoms with Crippen molar-refractivity contribution in [2.75, 3.05) is 0 Å². The van der Waals surface area contributed by atoms with E-state index < -0.39 is 5.97 Å². The number of carboxylic acids is 1. The first kappa shape index (κ1) is 63.2. The predicted molar refractivity (Wildman–Crippen MR) is 290 cm³/mol. The molecule has 0 aliphatic rings. The Morgan fingerprint density at radius 3 is 0.750 bits per heavy atom. The molecule has 0 aliphatic heterocycles. The molecule has 0 bridgehead atoms. The zero-order valence-corrected chi connectivity index (χ0v) is 44.9. The second-order valence-corrected chi connectivity index (χ2v) is 21.6. The third-order valence-corrected chi connectivity index (χ3v) is 15.2. The van der Waals surface area contributed by atoms with Gasteiger partial charge < -0.3 is 5.11 Å². The number of hydrogen-bond donors (Lipinski definition) is 1. The van der Waals surface area contributed by atoms with E-state index in [2.05, 4.69) is 32.9 Å². The molecule has 0 atom stereocenters. The van der Waals surface area contributed by atoms with E-state index in [1.54, 1.807) is 0 Å². The molecule has 0 rings (SSSR count). The topological polar surface area (TPSA) is 37.3 Å². The number of carboxylic acid groups (broad SMARTS) is 1. The van der Waals surface area contributed by atoms with Gasteiger partial charge in [0.05, 0.1) is 0 Å². The van der Waals surface area contributed by atoms with Crippen LogP contribution in [-0.2, 0) is 4.79 Å². The summed E-state index contributed by atoms with van der Waals surface area (Å²) in [5.74, 6) is -0.647. The summed E-state index contributed by atoms with van der Waals surface area (Å²) in [6, 6.07) is 0. The van der Waals surface area contributed by atoms with Gasteiger partial charge in [-0.2, -0.15) is 0 Å². The zero-order chi connectivity index (χ0) is 46.4. The molecule has 2 nitrogen and oxygen atoms in total. The number of aliphatic carboxylic acids is 1. The Hall–Kier alpha value is -0.790. The van der Waals surface area contributed by atoms with E-state index in [1.165, 1.54) is 334 Å². The van der Waals surface area contributed by atoms with Crippen molar-refractivity contribution in [3.05, 3.63) is 12.2 Å². The highest BCUT2D eigenvalue weighted by molar-refractivity contribution is 5.66. The lowest BCUT2D eigenvalue weighted by Gasteiger charge is -2.35. The van der Waals surface area contributed by atoms with E-state index in [0.717, 1.165) is 12.8 Å². The maximum absolute atomic E-state index is 10.8. The Morgan fingerprint density at radius 2 is 0.484 bits per heavy atom. The van der Waals surface area contributed by atoms with Crippen molar-refractivity contribution in [3.8, 4) is 0 Å². The first-order valence-electron chi connectivity index (χ1n) is 30.5. The van der Waals surface area contributed by atoms with Gasteiger partial charge >= 0.3 is 5.97 Å². The quantitative estimate of drug-likeness (QED) is 0.0488. The first-order chi connectivity index (χ1) is 31.6. The Bertz CT molecular complexity index is 812. The van der Waals surface area contributed by atoms with Crippen LogP contribution in [0.3, 0.4) is 0 Å². The smallest absolute Gasteiger partial charge is 0.303 e. The summed E-state index contributed by atoms with van der Waals surface area (Å²) in [6.07, 6.45) is 81.8. The molecule has 0 aliphatic carbocycles. The third kappa shape index (κ3) is 50.6. The van der Waals surface area contributed by atoms with E-state index in [1.807, 2.05) is 0 Å². The van der Waals surface area contributed by atoms with Crippen LogP contribution in [0.25, 0.3) is 0 Å². The number of rotatable bonds is 57. The molecule has 0 fully saturated rings. The van der Waals surface area contributed by atoms with Crippen LogP contribution in [-0.4, -0.2) is 11.1 Å². The summed E-state index contributed by atoms with van der Waals surface area (Å²) in [7, 11) is 0. The van der Waals surface area contributed by atoms with Crippen LogP contribution in [0.5, 0.6) is 0 Å². The monoisotopic (exact) mass is 899 g/mol. The minimum Gasteiger partial charge on any atom is -0.481 e. The van der Waals surface area contributed by atoms with E-state index in [4.69, 9.17) is 5.11 Å². The Morgan fingerprint density at radius 1 is 0.281 bits per heavy atom. The van der Waals surface area contributed by atoms with Gasteiger partial charge in [-0.25, -0.2) is 0 Å². The van der Waals surface area contributed by atoms with Crippen LogP contribution >= 0.6 is 0 Å². The fraction of sp³-hybridized carbons (Fsp3) is 0.952. The van der Waals surface area contributed by atoms with Crippen LogP contribution in [0.4, 0.5) is 0 Å². The Balaban J connectivity index is 5.00. The highest BCUT2D eigenvalue weighted by atomic mass is 16.4. The van der Waals surface area contributed by atoms with Crippen molar-refractivity contribution in [1.82, 2.24) is 0 Å². The van der Waals surface area contributed by atoms with Gasteiger partial charge in [-0.1, -0.05) is 322 Å². The van der Waals surface area contributed by atoms with Crippen LogP contribution in [0.1, 0.15) is 374 Å². The van der Waals surface area contributed by atoms with Gasteiger partial charge in [0.1, 0.15) is 0 Å². The fourth-order valence-electron chi connectivity index (χ4n) is 10.7. The van der Waals surface area contributed by atoms with Crippen LogP contribution < -0.4 is 0 Å². The van der Waals surface area contributed by atoms with Gasteiger partial charge in [0, 0.05) is 6.42 Å². The third-order valence-electron chi connectivity index (χ3n) is 15.2. The predicted octanol–water partition coefficient (Wildman–Crippen LogP) is 23.1. The van der Waals surface area contributed by atoms with Gasteiger partial charge in [-0.3, -0.25) is 4.79 Å². The van der Waals surface area contributed by atoms with Crippen molar-refractivity contribution in [3.63, 3.8) is 0 Å². The molecule has 0 aromatic rings. The lowest BCUT2D eigenvalue weighted by molar-refractivity contribution is -0.137. The van der Waals surface area contributed by atoms with E-state index >= 15 is 0 Å². The molecule has 0 amide bonds. The average molecular weight is 900 g/mol. The molecule has 0 aromatic heterocycles. The number of hydrogen-bond acceptors (Lipinski definition) is 1. The van der Waals surface area contributed by atoms with Gasteiger partial charge in [-0.05, 0) is 63.2 Å². The SMILES string of the molecule is CCCCCCCCCCCCCCCCC(CCC/C=C\CCCCCCCC(=O)O)(CCCCCCCCCCCCCCCC)CCCCCCCCCCCCCCCC. The van der Waals surface area contributed by atoms with Crippen molar-refractivity contribution >= 4 is 5.97 Å². The lowest BCUT2D eigenvalue weighted by atomic mass is 9.70. The second-order valence-electron chi connectivity index (χ2n) is 21.6. The minimum absolute atomic E-state index is 0.333. The largest absolute Gasteiger partial charge is 0.481 e. The van der Waals surface area contributed by atoms with Crippen molar-refractivity contribution < 1.29 is 9.90 Å².